The highest BCUT2D eigenvalue weighted by atomic mass is 16.4. The SMILES string of the molecule is O=C(O)c1cccc2c1C=CC2. The third-order valence-electron chi connectivity index (χ3n) is 2.05. The van der Waals surface area contributed by atoms with Gasteiger partial charge in [0.25, 0.3) is 0 Å². The van der Waals surface area contributed by atoms with E-state index in [2.05, 4.69) is 0 Å². The molecule has 0 saturated heterocycles. The molecule has 0 aromatic heterocycles. The molecule has 0 unspecified atom stereocenters. The molecule has 1 aromatic rings. The van der Waals surface area contributed by atoms with Crippen LogP contribution < -0.4 is 0 Å². The van der Waals surface area contributed by atoms with E-state index in [4.69, 9.17) is 5.11 Å². The highest BCUT2D eigenvalue weighted by Gasteiger charge is 2.13. The number of carboxylic acids is 1. The first-order valence-electron chi connectivity index (χ1n) is 3.81. The van der Waals surface area contributed by atoms with Gasteiger partial charge in [0.15, 0.2) is 0 Å². The van der Waals surface area contributed by atoms with Gasteiger partial charge < -0.3 is 5.11 Å². The average molecular weight is 160 g/mol. The largest absolute Gasteiger partial charge is 0.478 e. The number of carbonyl (C=O) groups is 1. The van der Waals surface area contributed by atoms with Crippen LogP contribution in [0.4, 0.5) is 0 Å². The van der Waals surface area contributed by atoms with Crippen molar-refractivity contribution in [2.24, 2.45) is 0 Å². The van der Waals surface area contributed by atoms with Crippen molar-refractivity contribution in [1.82, 2.24) is 0 Å². The van der Waals surface area contributed by atoms with E-state index in [1.54, 1.807) is 12.1 Å². The van der Waals surface area contributed by atoms with Gasteiger partial charge in [0, 0.05) is 0 Å². The van der Waals surface area contributed by atoms with Crippen molar-refractivity contribution < 1.29 is 9.90 Å². The van der Waals surface area contributed by atoms with Crippen LogP contribution in [0.1, 0.15) is 21.5 Å². The Hall–Kier alpha value is -1.57. The lowest BCUT2D eigenvalue weighted by atomic mass is 10.0. The molecule has 1 aliphatic rings. The second kappa shape index (κ2) is 2.48. The van der Waals surface area contributed by atoms with Gasteiger partial charge in [0.2, 0.25) is 0 Å². The molecule has 0 heterocycles. The summed E-state index contributed by atoms with van der Waals surface area (Å²) < 4.78 is 0. The minimum atomic E-state index is -0.849. The summed E-state index contributed by atoms with van der Waals surface area (Å²) in [5.41, 5.74) is 2.38. The van der Waals surface area contributed by atoms with Gasteiger partial charge in [-0.3, -0.25) is 0 Å². The summed E-state index contributed by atoms with van der Waals surface area (Å²) in [5.74, 6) is -0.849. The fraction of sp³-hybridized carbons (Fsp3) is 0.100. The maximum atomic E-state index is 10.7. The van der Waals surface area contributed by atoms with Crippen LogP contribution in [0.15, 0.2) is 24.3 Å². The molecular formula is C10H8O2. The predicted molar refractivity (Wildman–Crippen MR) is 46.1 cm³/mol. The molecule has 0 atom stereocenters. The molecule has 12 heavy (non-hydrogen) atoms. The Bertz CT molecular complexity index is 364. The van der Waals surface area contributed by atoms with Crippen LogP contribution >= 0.6 is 0 Å². The molecule has 0 saturated carbocycles. The molecule has 0 bridgehead atoms. The Morgan fingerprint density at radius 2 is 2.25 bits per heavy atom. The minimum absolute atomic E-state index is 0.404. The van der Waals surface area contributed by atoms with Crippen molar-refractivity contribution in [3.05, 3.63) is 41.0 Å². The highest BCUT2D eigenvalue weighted by molar-refractivity contribution is 5.93. The van der Waals surface area contributed by atoms with Crippen LogP contribution in [0, 0.1) is 0 Å². The first-order chi connectivity index (χ1) is 5.79. The van der Waals surface area contributed by atoms with Crippen molar-refractivity contribution in [3.8, 4) is 0 Å². The zero-order valence-electron chi connectivity index (χ0n) is 6.45. The van der Waals surface area contributed by atoms with Crippen molar-refractivity contribution in [2.45, 2.75) is 6.42 Å². The van der Waals surface area contributed by atoms with Crippen LogP contribution in [-0.2, 0) is 6.42 Å². The molecule has 0 radical (unpaired) electrons. The molecule has 1 N–H and O–H groups in total. The maximum Gasteiger partial charge on any atom is 0.336 e. The van der Waals surface area contributed by atoms with Gasteiger partial charge in [-0.25, -0.2) is 4.79 Å². The first-order valence-corrected chi connectivity index (χ1v) is 3.81. The monoisotopic (exact) mass is 160 g/mol. The molecule has 0 aliphatic heterocycles. The van der Waals surface area contributed by atoms with Gasteiger partial charge in [0.05, 0.1) is 5.56 Å². The van der Waals surface area contributed by atoms with Crippen molar-refractivity contribution in [2.75, 3.05) is 0 Å². The lowest BCUT2D eigenvalue weighted by Gasteiger charge is -2.01. The second-order valence-corrected chi connectivity index (χ2v) is 2.79. The zero-order valence-corrected chi connectivity index (χ0v) is 6.45. The van der Waals surface area contributed by atoms with E-state index in [9.17, 15) is 4.79 Å². The first kappa shape index (κ1) is 7.10. The fourth-order valence-corrected chi connectivity index (χ4v) is 1.48. The summed E-state index contributed by atoms with van der Waals surface area (Å²) >= 11 is 0. The standard InChI is InChI=1S/C10H8O2/c11-10(12)9-6-2-4-7-3-1-5-8(7)9/h1-2,4-6H,3H2,(H,11,12). The lowest BCUT2D eigenvalue weighted by Crippen LogP contribution is -1.99. The minimum Gasteiger partial charge on any atom is -0.478 e. The smallest absolute Gasteiger partial charge is 0.336 e. The topological polar surface area (TPSA) is 37.3 Å². The van der Waals surface area contributed by atoms with Gasteiger partial charge >= 0.3 is 5.97 Å². The number of allylic oxidation sites excluding steroid dienone is 1. The van der Waals surface area contributed by atoms with Crippen molar-refractivity contribution in [1.29, 1.82) is 0 Å². The molecule has 0 spiro atoms. The summed E-state index contributed by atoms with van der Waals surface area (Å²) in [6.07, 6.45) is 4.71. The van der Waals surface area contributed by atoms with E-state index >= 15 is 0 Å². The third-order valence-corrected chi connectivity index (χ3v) is 2.05. The molecule has 2 heteroatoms. The van der Waals surface area contributed by atoms with Crippen LogP contribution in [0.3, 0.4) is 0 Å². The van der Waals surface area contributed by atoms with E-state index in [0.717, 1.165) is 17.5 Å². The number of aromatic carboxylic acids is 1. The molecular weight excluding hydrogens is 152 g/mol. The maximum absolute atomic E-state index is 10.7. The summed E-state index contributed by atoms with van der Waals surface area (Å²) in [4.78, 5) is 10.7. The third kappa shape index (κ3) is 0.925. The van der Waals surface area contributed by atoms with E-state index in [0.29, 0.717) is 5.56 Å². The van der Waals surface area contributed by atoms with Crippen LogP contribution in [0.5, 0.6) is 0 Å². The molecule has 1 aromatic carbocycles. The second-order valence-electron chi connectivity index (χ2n) is 2.79. The summed E-state index contributed by atoms with van der Waals surface area (Å²) in [5, 5.41) is 8.82. The van der Waals surface area contributed by atoms with Crippen LogP contribution in [0.25, 0.3) is 6.08 Å². The Morgan fingerprint density at radius 3 is 3.00 bits per heavy atom. The van der Waals surface area contributed by atoms with Crippen LogP contribution in [-0.4, -0.2) is 11.1 Å². The number of rotatable bonds is 1. The van der Waals surface area contributed by atoms with Gasteiger partial charge in [-0.15, -0.1) is 0 Å². The molecule has 2 nitrogen and oxygen atoms in total. The van der Waals surface area contributed by atoms with Crippen LogP contribution in [0.2, 0.25) is 0 Å². The number of hydrogen-bond acceptors (Lipinski definition) is 1. The fourth-order valence-electron chi connectivity index (χ4n) is 1.48. The number of benzene rings is 1. The van der Waals surface area contributed by atoms with Crippen molar-refractivity contribution >= 4 is 12.0 Å². The predicted octanol–water partition coefficient (Wildman–Crippen LogP) is 1.95. The molecule has 60 valence electrons. The Labute approximate surface area is 70.2 Å². The quantitative estimate of drug-likeness (QED) is 0.681. The van der Waals surface area contributed by atoms with E-state index in [1.165, 1.54) is 0 Å². The summed E-state index contributed by atoms with van der Waals surface area (Å²) in [6.45, 7) is 0. The van der Waals surface area contributed by atoms with E-state index < -0.39 is 5.97 Å². The number of carboxylic acid groups (broad SMARTS) is 1. The average Bonchev–Trinajstić information content (AvgIpc) is 2.49. The number of fused-ring (bicyclic) bond motifs is 1. The summed E-state index contributed by atoms with van der Waals surface area (Å²) in [7, 11) is 0. The molecule has 0 fully saturated rings. The molecule has 0 amide bonds. The van der Waals surface area contributed by atoms with Gasteiger partial charge in [-0.1, -0.05) is 24.3 Å². The normalized spacial score (nSPS) is 13.0. The Morgan fingerprint density at radius 1 is 1.42 bits per heavy atom. The van der Waals surface area contributed by atoms with E-state index in [-0.39, 0.29) is 0 Å². The van der Waals surface area contributed by atoms with Crippen molar-refractivity contribution in [3.63, 3.8) is 0 Å². The van der Waals surface area contributed by atoms with Gasteiger partial charge in [0.1, 0.15) is 0 Å². The zero-order chi connectivity index (χ0) is 8.55. The summed E-state index contributed by atoms with van der Waals surface area (Å²) in [6, 6.07) is 5.38. The van der Waals surface area contributed by atoms with Gasteiger partial charge in [-0.2, -0.15) is 0 Å². The van der Waals surface area contributed by atoms with E-state index in [1.807, 2.05) is 18.2 Å². The Balaban J connectivity index is 2.63. The molecule has 2 rings (SSSR count). The van der Waals surface area contributed by atoms with Gasteiger partial charge in [-0.05, 0) is 23.6 Å². The Kier molecular flexibility index (Phi) is 1.47. The lowest BCUT2D eigenvalue weighted by molar-refractivity contribution is 0.0696. The highest BCUT2D eigenvalue weighted by Crippen LogP contribution is 2.22. The molecule has 1 aliphatic carbocycles. The number of hydrogen-bond donors (Lipinski definition) is 1.